The number of anilines is 1. The Bertz CT molecular complexity index is 578. The molecule has 1 aliphatic carbocycles. The molecule has 2 N–H and O–H groups in total. The highest BCUT2D eigenvalue weighted by Crippen LogP contribution is 2.28. The Morgan fingerprint density at radius 3 is 2.65 bits per heavy atom. The Hall–Kier alpha value is -1.46. The SMILES string of the molecule is C#CCNC(=NCCCOCC1CC1)Nc1ccc(OC(C)C)cc1.I. The summed E-state index contributed by atoms with van der Waals surface area (Å²) in [6, 6.07) is 7.80. The van der Waals surface area contributed by atoms with Crippen LogP contribution in [0.2, 0.25) is 0 Å². The molecule has 0 unspecified atom stereocenters. The fraction of sp³-hybridized carbons (Fsp3) is 0.550. The van der Waals surface area contributed by atoms with E-state index in [-0.39, 0.29) is 30.1 Å². The molecular weight excluding hydrogens is 441 g/mol. The van der Waals surface area contributed by atoms with Crippen LogP contribution in [0.3, 0.4) is 0 Å². The summed E-state index contributed by atoms with van der Waals surface area (Å²) in [7, 11) is 0. The molecule has 0 amide bonds. The zero-order valence-corrected chi connectivity index (χ0v) is 18.0. The van der Waals surface area contributed by atoms with Crippen LogP contribution in [-0.4, -0.2) is 38.4 Å². The average Bonchev–Trinajstić information content (AvgIpc) is 3.41. The van der Waals surface area contributed by atoms with E-state index in [4.69, 9.17) is 15.9 Å². The molecule has 1 aromatic carbocycles. The van der Waals surface area contributed by atoms with Crippen LogP contribution in [0, 0.1) is 18.3 Å². The van der Waals surface area contributed by atoms with Gasteiger partial charge in [-0.05, 0) is 63.3 Å². The summed E-state index contributed by atoms with van der Waals surface area (Å²) in [5, 5.41) is 6.38. The first-order chi connectivity index (χ1) is 12.2. The van der Waals surface area contributed by atoms with E-state index in [1.54, 1.807) is 0 Å². The quantitative estimate of drug-likeness (QED) is 0.179. The molecule has 1 aliphatic rings. The average molecular weight is 471 g/mol. The van der Waals surface area contributed by atoms with Crippen molar-refractivity contribution < 1.29 is 9.47 Å². The second-order valence-corrected chi connectivity index (χ2v) is 6.48. The molecule has 26 heavy (non-hydrogen) atoms. The molecule has 2 rings (SSSR count). The van der Waals surface area contributed by atoms with E-state index < -0.39 is 0 Å². The minimum absolute atomic E-state index is 0. The first-order valence-corrected chi connectivity index (χ1v) is 9.00. The van der Waals surface area contributed by atoms with Gasteiger partial charge in [0.25, 0.3) is 0 Å². The van der Waals surface area contributed by atoms with Gasteiger partial charge in [-0.15, -0.1) is 30.4 Å². The lowest BCUT2D eigenvalue weighted by Gasteiger charge is -2.13. The lowest BCUT2D eigenvalue weighted by atomic mass is 10.3. The molecule has 0 saturated heterocycles. The fourth-order valence-corrected chi connectivity index (χ4v) is 2.19. The third-order valence-electron chi connectivity index (χ3n) is 3.61. The molecule has 5 nitrogen and oxygen atoms in total. The Morgan fingerprint density at radius 2 is 2.04 bits per heavy atom. The van der Waals surface area contributed by atoms with Crippen molar-refractivity contribution in [2.45, 2.75) is 39.2 Å². The van der Waals surface area contributed by atoms with Gasteiger partial charge >= 0.3 is 0 Å². The molecule has 0 spiro atoms. The van der Waals surface area contributed by atoms with Crippen molar-refractivity contribution in [1.82, 2.24) is 5.32 Å². The molecule has 0 bridgehead atoms. The van der Waals surface area contributed by atoms with Crippen molar-refractivity contribution in [3.05, 3.63) is 24.3 Å². The fourth-order valence-electron chi connectivity index (χ4n) is 2.19. The predicted octanol–water partition coefficient (Wildman–Crippen LogP) is 3.90. The molecule has 0 aromatic heterocycles. The summed E-state index contributed by atoms with van der Waals surface area (Å²) in [6.07, 6.45) is 9.04. The van der Waals surface area contributed by atoms with Crippen LogP contribution in [0.25, 0.3) is 0 Å². The highest BCUT2D eigenvalue weighted by atomic mass is 127. The maximum atomic E-state index is 5.65. The minimum Gasteiger partial charge on any atom is -0.491 e. The van der Waals surface area contributed by atoms with Crippen molar-refractivity contribution in [3.8, 4) is 18.1 Å². The van der Waals surface area contributed by atoms with Gasteiger partial charge in [0.05, 0.1) is 12.6 Å². The number of nitrogens with one attached hydrogen (secondary N) is 2. The number of ether oxygens (including phenoxy) is 2. The maximum Gasteiger partial charge on any atom is 0.196 e. The van der Waals surface area contributed by atoms with Crippen LogP contribution in [0.1, 0.15) is 33.1 Å². The summed E-state index contributed by atoms with van der Waals surface area (Å²) < 4.78 is 11.3. The number of terminal acetylenes is 1. The van der Waals surface area contributed by atoms with E-state index >= 15 is 0 Å². The minimum atomic E-state index is 0. The van der Waals surface area contributed by atoms with E-state index in [2.05, 4.69) is 21.5 Å². The number of aliphatic imine (C=N–C) groups is 1. The summed E-state index contributed by atoms with van der Waals surface area (Å²) in [5.74, 6) is 4.90. The number of benzene rings is 1. The van der Waals surface area contributed by atoms with E-state index in [9.17, 15) is 0 Å². The summed E-state index contributed by atoms with van der Waals surface area (Å²) in [5.41, 5.74) is 0.935. The molecule has 144 valence electrons. The largest absolute Gasteiger partial charge is 0.491 e. The molecule has 0 aliphatic heterocycles. The van der Waals surface area contributed by atoms with E-state index in [1.807, 2.05) is 38.1 Å². The Balaban J connectivity index is 0.00000338. The number of nitrogens with zero attached hydrogens (tertiary/aromatic N) is 1. The highest BCUT2D eigenvalue weighted by Gasteiger charge is 2.20. The normalized spacial score (nSPS) is 13.7. The van der Waals surface area contributed by atoms with Crippen LogP contribution in [0.5, 0.6) is 5.75 Å². The second-order valence-electron chi connectivity index (χ2n) is 6.48. The van der Waals surface area contributed by atoms with E-state index in [0.29, 0.717) is 19.0 Å². The molecule has 6 heteroatoms. The molecule has 0 heterocycles. The van der Waals surface area contributed by atoms with Gasteiger partial charge in [0, 0.05) is 25.4 Å². The molecule has 0 radical (unpaired) electrons. The zero-order valence-electron chi connectivity index (χ0n) is 15.7. The van der Waals surface area contributed by atoms with E-state index in [1.165, 1.54) is 12.8 Å². The first kappa shape index (κ1) is 22.6. The smallest absolute Gasteiger partial charge is 0.196 e. The topological polar surface area (TPSA) is 54.9 Å². The van der Waals surface area contributed by atoms with Gasteiger partial charge in [0.15, 0.2) is 5.96 Å². The lowest BCUT2D eigenvalue weighted by Crippen LogP contribution is -2.31. The van der Waals surface area contributed by atoms with Crippen LogP contribution in [0.15, 0.2) is 29.3 Å². The van der Waals surface area contributed by atoms with Crippen molar-refractivity contribution in [2.75, 3.05) is 31.6 Å². The van der Waals surface area contributed by atoms with Crippen molar-refractivity contribution in [3.63, 3.8) is 0 Å². The van der Waals surface area contributed by atoms with Crippen LogP contribution >= 0.6 is 24.0 Å². The lowest BCUT2D eigenvalue weighted by molar-refractivity contribution is 0.123. The summed E-state index contributed by atoms with van der Waals surface area (Å²) in [6.45, 7) is 6.79. The predicted molar refractivity (Wildman–Crippen MR) is 119 cm³/mol. The molecule has 0 atom stereocenters. The monoisotopic (exact) mass is 471 g/mol. The van der Waals surface area contributed by atoms with Crippen molar-refractivity contribution >= 4 is 35.6 Å². The third kappa shape index (κ3) is 9.88. The van der Waals surface area contributed by atoms with Crippen molar-refractivity contribution in [1.29, 1.82) is 0 Å². The van der Waals surface area contributed by atoms with Gasteiger partial charge in [-0.3, -0.25) is 4.99 Å². The van der Waals surface area contributed by atoms with Crippen LogP contribution in [-0.2, 0) is 4.74 Å². The standard InChI is InChI=1S/C20H29N3O2.HI/c1-4-12-21-20(22-13-5-14-24-15-17-6-7-17)23-18-8-10-19(11-9-18)25-16(2)3;/h1,8-11,16-17H,5-7,12-15H2,2-3H3,(H2,21,22,23);1H. The highest BCUT2D eigenvalue weighted by molar-refractivity contribution is 14.0. The third-order valence-corrected chi connectivity index (χ3v) is 3.61. The number of rotatable bonds is 10. The van der Waals surface area contributed by atoms with Crippen LogP contribution in [0.4, 0.5) is 5.69 Å². The van der Waals surface area contributed by atoms with Gasteiger partial charge in [-0.1, -0.05) is 5.92 Å². The second kappa shape index (κ2) is 12.8. The Labute approximate surface area is 174 Å². The Morgan fingerprint density at radius 1 is 1.31 bits per heavy atom. The molecule has 1 saturated carbocycles. The number of hydrogen-bond donors (Lipinski definition) is 2. The first-order valence-electron chi connectivity index (χ1n) is 9.00. The molecule has 1 fully saturated rings. The van der Waals surface area contributed by atoms with Gasteiger partial charge in [-0.2, -0.15) is 0 Å². The summed E-state index contributed by atoms with van der Waals surface area (Å²) >= 11 is 0. The van der Waals surface area contributed by atoms with Gasteiger partial charge in [0.1, 0.15) is 5.75 Å². The number of hydrogen-bond acceptors (Lipinski definition) is 3. The number of guanidine groups is 1. The number of halogens is 1. The maximum absolute atomic E-state index is 5.65. The summed E-state index contributed by atoms with van der Waals surface area (Å²) in [4.78, 5) is 4.55. The van der Waals surface area contributed by atoms with E-state index in [0.717, 1.165) is 37.0 Å². The molecule has 1 aromatic rings. The van der Waals surface area contributed by atoms with Crippen molar-refractivity contribution in [2.24, 2.45) is 10.9 Å². The Kier molecular flexibility index (Phi) is 11.1. The van der Waals surface area contributed by atoms with Crippen LogP contribution < -0.4 is 15.4 Å². The van der Waals surface area contributed by atoms with Gasteiger partial charge in [-0.25, -0.2) is 0 Å². The van der Waals surface area contributed by atoms with Gasteiger partial charge in [0.2, 0.25) is 0 Å². The van der Waals surface area contributed by atoms with Gasteiger partial charge < -0.3 is 20.1 Å². The zero-order chi connectivity index (χ0) is 17.9. The molecular formula is C20H30IN3O2.